The zero-order chi connectivity index (χ0) is 22.4. The Morgan fingerprint density at radius 1 is 1.19 bits per heavy atom. The van der Waals surface area contributed by atoms with Gasteiger partial charge < -0.3 is 14.6 Å². The molecule has 164 valence electrons. The van der Waals surface area contributed by atoms with Gasteiger partial charge in [0.05, 0.1) is 18.6 Å². The lowest BCUT2D eigenvalue weighted by Gasteiger charge is -2.13. The molecule has 0 unspecified atom stereocenters. The van der Waals surface area contributed by atoms with E-state index in [4.69, 9.17) is 4.74 Å². The summed E-state index contributed by atoms with van der Waals surface area (Å²) in [6.45, 7) is 6.79. The number of nitrogens with zero attached hydrogens (tertiary/aromatic N) is 3. The summed E-state index contributed by atoms with van der Waals surface area (Å²) < 4.78 is 21.3. The van der Waals surface area contributed by atoms with Crippen LogP contribution in [0.4, 0.5) is 10.1 Å². The van der Waals surface area contributed by atoms with E-state index in [1.165, 1.54) is 17.8 Å². The van der Waals surface area contributed by atoms with Gasteiger partial charge in [-0.1, -0.05) is 43.8 Å². The number of thioether (sulfide) groups is 1. The zero-order valence-corrected chi connectivity index (χ0v) is 19.0. The van der Waals surface area contributed by atoms with Crippen LogP contribution in [0.15, 0.2) is 47.6 Å². The average Bonchev–Trinajstić information content (AvgIpc) is 3.09. The molecular formula is C23H27FN4O2S. The number of halogens is 1. The van der Waals surface area contributed by atoms with Crippen LogP contribution in [0.2, 0.25) is 0 Å². The van der Waals surface area contributed by atoms with E-state index in [2.05, 4.69) is 33.9 Å². The van der Waals surface area contributed by atoms with Crippen molar-refractivity contribution in [3.63, 3.8) is 0 Å². The molecule has 0 radical (unpaired) electrons. The third kappa shape index (κ3) is 6.30. The van der Waals surface area contributed by atoms with Crippen LogP contribution in [0.3, 0.4) is 0 Å². The Morgan fingerprint density at radius 2 is 1.94 bits per heavy atom. The number of carbonyl (C=O) groups is 1. The van der Waals surface area contributed by atoms with E-state index in [9.17, 15) is 9.18 Å². The number of anilines is 1. The van der Waals surface area contributed by atoms with Gasteiger partial charge >= 0.3 is 0 Å². The molecule has 0 saturated carbocycles. The standard InChI is InChI=1S/C23H27FN4O2S/c1-15(2)13-28-21(12-17-6-8-18(30-4)9-7-17)26-27-23(28)31-14-22(29)25-20-10-5-16(3)11-19(20)24/h5-11,15H,12-14H2,1-4H3,(H,25,29). The maximum Gasteiger partial charge on any atom is 0.234 e. The molecule has 2 aromatic carbocycles. The van der Waals surface area contributed by atoms with Crippen molar-refractivity contribution in [1.29, 1.82) is 0 Å². The van der Waals surface area contributed by atoms with Gasteiger partial charge in [0.1, 0.15) is 17.4 Å². The number of methoxy groups -OCH3 is 1. The number of nitrogens with one attached hydrogen (secondary N) is 1. The fraction of sp³-hybridized carbons (Fsp3) is 0.348. The summed E-state index contributed by atoms with van der Waals surface area (Å²) in [6.07, 6.45) is 0.630. The highest BCUT2D eigenvalue weighted by molar-refractivity contribution is 7.99. The highest BCUT2D eigenvalue weighted by atomic mass is 32.2. The van der Waals surface area contributed by atoms with Crippen molar-refractivity contribution in [2.45, 2.75) is 38.9 Å². The molecule has 0 fully saturated rings. The molecule has 0 aliphatic rings. The molecule has 0 bridgehead atoms. The third-order valence-electron chi connectivity index (χ3n) is 4.59. The Labute approximate surface area is 186 Å². The van der Waals surface area contributed by atoms with Gasteiger partial charge in [-0.15, -0.1) is 10.2 Å². The number of carbonyl (C=O) groups excluding carboxylic acids is 1. The molecule has 3 rings (SSSR count). The Morgan fingerprint density at radius 3 is 2.58 bits per heavy atom. The number of amides is 1. The van der Waals surface area contributed by atoms with Crippen LogP contribution < -0.4 is 10.1 Å². The van der Waals surface area contributed by atoms with Gasteiger partial charge in [0.25, 0.3) is 0 Å². The van der Waals surface area contributed by atoms with E-state index in [-0.39, 0.29) is 17.3 Å². The van der Waals surface area contributed by atoms with Crippen LogP contribution in [0.25, 0.3) is 0 Å². The van der Waals surface area contributed by atoms with Crippen LogP contribution in [-0.2, 0) is 17.8 Å². The second kappa shape index (κ2) is 10.4. The monoisotopic (exact) mass is 442 g/mol. The van der Waals surface area contributed by atoms with Gasteiger partial charge in [0, 0.05) is 13.0 Å². The highest BCUT2D eigenvalue weighted by Crippen LogP contribution is 2.22. The van der Waals surface area contributed by atoms with E-state index < -0.39 is 5.82 Å². The number of hydrogen-bond acceptors (Lipinski definition) is 5. The SMILES string of the molecule is COc1ccc(Cc2nnc(SCC(=O)Nc3ccc(C)cc3F)n2CC(C)C)cc1. The third-order valence-corrected chi connectivity index (χ3v) is 5.56. The van der Waals surface area contributed by atoms with Crippen molar-refractivity contribution in [1.82, 2.24) is 14.8 Å². The van der Waals surface area contributed by atoms with E-state index in [1.807, 2.05) is 24.3 Å². The fourth-order valence-electron chi connectivity index (χ4n) is 3.07. The number of benzene rings is 2. The maximum absolute atomic E-state index is 14.0. The van der Waals surface area contributed by atoms with Gasteiger partial charge in [-0.2, -0.15) is 0 Å². The minimum Gasteiger partial charge on any atom is -0.497 e. The molecule has 6 nitrogen and oxygen atoms in total. The average molecular weight is 443 g/mol. The van der Waals surface area contributed by atoms with Crippen molar-refractivity contribution < 1.29 is 13.9 Å². The summed E-state index contributed by atoms with van der Waals surface area (Å²) in [5.74, 6) is 1.42. The minimum atomic E-state index is -0.442. The number of hydrogen-bond donors (Lipinski definition) is 1. The van der Waals surface area contributed by atoms with E-state index in [0.29, 0.717) is 17.5 Å². The summed E-state index contributed by atoms with van der Waals surface area (Å²) in [5, 5.41) is 12.0. The normalized spacial score (nSPS) is 11.0. The number of ether oxygens (including phenoxy) is 1. The first-order chi connectivity index (χ1) is 14.9. The molecule has 1 aromatic heterocycles. The second-order valence-corrected chi connectivity index (χ2v) is 8.69. The van der Waals surface area contributed by atoms with Gasteiger partial charge in [0.15, 0.2) is 5.16 Å². The minimum absolute atomic E-state index is 0.117. The van der Waals surface area contributed by atoms with Crippen LogP contribution in [0, 0.1) is 18.7 Å². The van der Waals surface area contributed by atoms with Gasteiger partial charge in [-0.3, -0.25) is 4.79 Å². The van der Waals surface area contributed by atoms with E-state index in [1.54, 1.807) is 26.2 Å². The summed E-state index contributed by atoms with van der Waals surface area (Å²) in [7, 11) is 1.64. The lowest BCUT2D eigenvalue weighted by Crippen LogP contribution is -2.16. The fourth-order valence-corrected chi connectivity index (χ4v) is 3.84. The molecule has 1 heterocycles. The van der Waals surface area contributed by atoms with Crippen molar-refractivity contribution in [2.24, 2.45) is 5.92 Å². The lowest BCUT2D eigenvalue weighted by molar-refractivity contribution is -0.113. The molecule has 0 aliphatic carbocycles. The molecule has 0 atom stereocenters. The number of rotatable bonds is 9. The van der Waals surface area contributed by atoms with Gasteiger partial charge in [0.2, 0.25) is 5.91 Å². The van der Waals surface area contributed by atoms with Crippen molar-refractivity contribution in [2.75, 3.05) is 18.2 Å². The maximum atomic E-state index is 14.0. The molecule has 0 aliphatic heterocycles. The quantitative estimate of drug-likeness (QED) is 0.486. The van der Waals surface area contributed by atoms with Crippen molar-refractivity contribution in [3.05, 3.63) is 65.2 Å². The Hall–Kier alpha value is -2.87. The van der Waals surface area contributed by atoms with Crippen LogP contribution in [-0.4, -0.2) is 33.5 Å². The first kappa shape index (κ1) is 22.8. The predicted octanol–water partition coefficient (Wildman–Crippen LogP) is 4.71. The van der Waals surface area contributed by atoms with E-state index in [0.717, 1.165) is 29.2 Å². The molecule has 1 amide bonds. The van der Waals surface area contributed by atoms with Crippen molar-refractivity contribution in [3.8, 4) is 5.75 Å². The predicted molar refractivity (Wildman–Crippen MR) is 121 cm³/mol. The van der Waals surface area contributed by atoms with E-state index >= 15 is 0 Å². The van der Waals surface area contributed by atoms with Crippen LogP contribution >= 0.6 is 11.8 Å². The first-order valence-corrected chi connectivity index (χ1v) is 11.1. The molecule has 0 spiro atoms. The largest absolute Gasteiger partial charge is 0.497 e. The number of aryl methyl sites for hydroxylation is 1. The second-order valence-electron chi connectivity index (χ2n) is 7.75. The first-order valence-electron chi connectivity index (χ1n) is 10.1. The highest BCUT2D eigenvalue weighted by Gasteiger charge is 2.16. The molecular weight excluding hydrogens is 415 g/mol. The molecule has 3 aromatic rings. The summed E-state index contributed by atoms with van der Waals surface area (Å²) in [5.41, 5.74) is 2.08. The zero-order valence-electron chi connectivity index (χ0n) is 18.2. The van der Waals surface area contributed by atoms with Crippen molar-refractivity contribution >= 4 is 23.4 Å². The smallest absolute Gasteiger partial charge is 0.234 e. The summed E-state index contributed by atoms with van der Waals surface area (Å²) >= 11 is 1.30. The van der Waals surface area contributed by atoms with Crippen LogP contribution in [0.5, 0.6) is 5.75 Å². The summed E-state index contributed by atoms with van der Waals surface area (Å²) in [4.78, 5) is 12.3. The Kier molecular flexibility index (Phi) is 7.68. The molecule has 31 heavy (non-hydrogen) atoms. The van der Waals surface area contributed by atoms with Gasteiger partial charge in [-0.25, -0.2) is 4.39 Å². The molecule has 1 N–H and O–H groups in total. The molecule has 8 heteroatoms. The van der Waals surface area contributed by atoms with Crippen LogP contribution in [0.1, 0.15) is 30.8 Å². The lowest BCUT2D eigenvalue weighted by atomic mass is 10.1. The number of aromatic nitrogens is 3. The van der Waals surface area contributed by atoms with Gasteiger partial charge in [-0.05, 0) is 48.2 Å². The summed E-state index contributed by atoms with van der Waals surface area (Å²) in [6, 6.07) is 12.6. The molecule has 0 saturated heterocycles. The topological polar surface area (TPSA) is 69.0 Å². The Balaban J connectivity index is 1.69. The Bertz CT molecular complexity index is 1030.